The molecule has 0 heterocycles. The van der Waals surface area contributed by atoms with Gasteiger partial charge in [0.05, 0.1) is 28.2 Å². The van der Waals surface area contributed by atoms with E-state index in [0.717, 1.165) is 11.3 Å². The van der Waals surface area contributed by atoms with Crippen LogP contribution in [0.15, 0.2) is 50.9 Å². The van der Waals surface area contributed by atoms with E-state index in [2.05, 4.69) is 36.5 Å². The van der Waals surface area contributed by atoms with Crippen LogP contribution >= 0.6 is 39.1 Å². The predicted molar refractivity (Wildman–Crippen MR) is 122 cm³/mol. The van der Waals surface area contributed by atoms with Gasteiger partial charge in [0.2, 0.25) is 5.96 Å². The number of nitrogens with one attached hydrogen (secondary N) is 2. The maximum atomic E-state index is 6.21. The summed E-state index contributed by atoms with van der Waals surface area (Å²) >= 11 is 15.8. The van der Waals surface area contributed by atoms with Crippen LogP contribution in [-0.4, -0.2) is 45.1 Å². The Kier molecular flexibility index (Phi) is 8.41. The number of ether oxygens (including phenoxy) is 1. The SMILES string of the molecule is CN=C(NC(=NCc1ccc(OC)cc1)Nc1cc(Cl)c(Br)c(Cl)c1)N(C)C. The summed E-state index contributed by atoms with van der Waals surface area (Å²) in [7, 11) is 7.13. The van der Waals surface area contributed by atoms with Gasteiger partial charge < -0.3 is 15.0 Å². The van der Waals surface area contributed by atoms with Crippen molar-refractivity contribution < 1.29 is 4.74 Å². The fourth-order valence-electron chi connectivity index (χ4n) is 2.25. The third kappa shape index (κ3) is 6.29. The van der Waals surface area contributed by atoms with E-state index >= 15 is 0 Å². The van der Waals surface area contributed by atoms with Crippen molar-refractivity contribution in [2.45, 2.75) is 6.54 Å². The van der Waals surface area contributed by atoms with E-state index in [4.69, 9.17) is 27.9 Å². The van der Waals surface area contributed by atoms with Crippen molar-refractivity contribution in [3.05, 3.63) is 56.5 Å². The molecule has 150 valence electrons. The molecule has 0 aliphatic heterocycles. The van der Waals surface area contributed by atoms with Gasteiger partial charge in [-0.1, -0.05) is 35.3 Å². The number of benzene rings is 2. The molecule has 0 fully saturated rings. The summed E-state index contributed by atoms with van der Waals surface area (Å²) in [5.41, 5.74) is 1.74. The lowest BCUT2D eigenvalue weighted by atomic mass is 10.2. The van der Waals surface area contributed by atoms with Gasteiger partial charge in [0.25, 0.3) is 0 Å². The summed E-state index contributed by atoms with van der Waals surface area (Å²) in [6.07, 6.45) is 0. The first-order valence-corrected chi connectivity index (χ1v) is 9.89. The van der Waals surface area contributed by atoms with E-state index in [0.29, 0.717) is 38.7 Å². The summed E-state index contributed by atoms with van der Waals surface area (Å²) in [5, 5.41) is 7.41. The first kappa shape index (κ1) is 22.3. The average Bonchev–Trinajstić information content (AvgIpc) is 2.68. The van der Waals surface area contributed by atoms with Crippen LogP contribution in [0.25, 0.3) is 0 Å². The van der Waals surface area contributed by atoms with Gasteiger partial charge in [-0.3, -0.25) is 10.3 Å². The minimum absolute atomic E-state index is 0.460. The van der Waals surface area contributed by atoms with Crippen LogP contribution in [0.4, 0.5) is 5.69 Å². The van der Waals surface area contributed by atoms with Crippen LogP contribution in [0, 0.1) is 0 Å². The summed E-state index contributed by atoms with van der Waals surface area (Å²) in [4.78, 5) is 10.7. The second-order valence-corrected chi connectivity index (χ2v) is 7.57. The number of hydrogen-bond donors (Lipinski definition) is 2. The molecular weight excluding hydrogens is 465 g/mol. The largest absolute Gasteiger partial charge is 0.497 e. The van der Waals surface area contributed by atoms with Crippen molar-refractivity contribution in [1.82, 2.24) is 10.2 Å². The molecule has 2 aromatic carbocycles. The van der Waals surface area contributed by atoms with Crippen LogP contribution in [-0.2, 0) is 6.54 Å². The minimum atomic E-state index is 0.460. The lowest BCUT2D eigenvalue weighted by molar-refractivity contribution is 0.414. The van der Waals surface area contributed by atoms with Gasteiger partial charge in [0.15, 0.2) is 5.96 Å². The first-order chi connectivity index (χ1) is 13.3. The van der Waals surface area contributed by atoms with Crippen molar-refractivity contribution in [2.75, 3.05) is 33.6 Å². The molecule has 0 saturated carbocycles. The molecule has 2 rings (SSSR count). The Morgan fingerprint density at radius 2 is 1.75 bits per heavy atom. The van der Waals surface area contributed by atoms with Crippen molar-refractivity contribution >= 4 is 56.7 Å². The molecule has 2 aromatic rings. The number of halogens is 3. The fourth-order valence-corrected chi connectivity index (χ4v) is 2.97. The number of anilines is 1. The number of nitrogens with zero attached hydrogens (tertiary/aromatic N) is 3. The standard InChI is InChI=1S/C19H22BrCl2N5O/c1-23-19(27(2)3)26-18(24-11-12-5-7-14(28-4)8-6-12)25-13-9-15(21)17(20)16(22)10-13/h5-10H,11H2,1-4H3,(H2,23,24,25,26). The summed E-state index contributed by atoms with van der Waals surface area (Å²) < 4.78 is 5.84. The molecule has 6 nitrogen and oxygen atoms in total. The van der Waals surface area contributed by atoms with Crippen molar-refractivity contribution in [1.29, 1.82) is 0 Å². The van der Waals surface area contributed by atoms with E-state index in [1.165, 1.54) is 0 Å². The first-order valence-electron chi connectivity index (χ1n) is 8.34. The molecule has 0 spiro atoms. The third-order valence-electron chi connectivity index (χ3n) is 3.69. The van der Waals surface area contributed by atoms with Crippen LogP contribution in [0.2, 0.25) is 10.0 Å². The second kappa shape index (κ2) is 10.5. The Hall–Kier alpha value is -1.96. The lowest BCUT2D eigenvalue weighted by Crippen LogP contribution is -2.43. The monoisotopic (exact) mass is 485 g/mol. The Morgan fingerprint density at radius 3 is 2.25 bits per heavy atom. The number of rotatable bonds is 4. The number of aliphatic imine (C=N–C) groups is 2. The van der Waals surface area contributed by atoms with Crippen molar-refractivity contribution in [2.24, 2.45) is 9.98 Å². The van der Waals surface area contributed by atoms with Gasteiger partial charge in [-0.2, -0.15) is 0 Å². The molecule has 0 bridgehead atoms. The predicted octanol–water partition coefficient (Wildman–Crippen LogP) is 4.87. The summed E-state index contributed by atoms with van der Waals surface area (Å²) in [6, 6.07) is 11.3. The van der Waals surface area contributed by atoms with Crippen LogP contribution < -0.4 is 15.4 Å². The molecule has 0 amide bonds. The molecule has 2 N–H and O–H groups in total. The Labute approximate surface area is 183 Å². The normalized spacial score (nSPS) is 12.0. The third-order valence-corrected chi connectivity index (χ3v) is 5.60. The highest BCUT2D eigenvalue weighted by atomic mass is 79.9. The molecule has 0 atom stereocenters. The van der Waals surface area contributed by atoms with Crippen molar-refractivity contribution in [3.63, 3.8) is 0 Å². The van der Waals surface area contributed by atoms with Crippen LogP contribution in [0.1, 0.15) is 5.56 Å². The lowest BCUT2D eigenvalue weighted by Gasteiger charge is -2.19. The molecule has 0 aliphatic rings. The molecule has 0 saturated heterocycles. The van der Waals surface area contributed by atoms with E-state index in [1.54, 1.807) is 26.3 Å². The Morgan fingerprint density at radius 1 is 1.14 bits per heavy atom. The van der Waals surface area contributed by atoms with Crippen molar-refractivity contribution in [3.8, 4) is 5.75 Å². The number of hydrogen-bond acceptors (Lipinski definition) is 3. The molecule has 28 heavy (non-hydrogen) atoms. The quantitative estimate of drug-likeness (QED) is 0.367. The maximum absolute atomic E-state index is 6.21. The average molecular weight is 487 g/mol. The van der Waals surface area contributed by atoms with Gasteiger partial charge >= 0.3 is 0 Å². The molecule has 0 aliphatic carbocycles. The fraction of sp³-hybridized carbons (Fsp3) is 0.263. The van der Waals surface area contributed by atoms with Crippen LogP contribution in [0.3, 0.4) is 0 Å². The van der Waals surface area contributed by atoms with Gasteiger partial charge in [0.1, 0.15) is 5.75 Å². The van der Waals surface area contributed by atoms with Gasteiger partial charge in [-0.05, 0) is 45.8 Å². The van der Waals surface area contributed by atoms with Gasteiger partial charge in [0, 0.05) is 26.8 Å². The highest BCUT2D eigenvalue weighted by molar-refractivity contribution is 9.10. The Balaban J connectivity index is 2.27. The highest BCUT2D eigenvalue weighted by Crippen LogP contribution is 2.33. The topological polar surface area (TPSA) is 61.3 Å². The maximum Gasteiger partial charge on any atom is 0.202 e. The highest BCUT2D eigenvalue weighted by Gasteiger charge is 2.10. The molecule has 0 radical (unpaired) electrons. The summed E-state index contributed by atoms with van der Waals surface area (Å²) in [5.74, 6) is 1.96. The van der Waals surface area contributed by atoms with E-state index in [-0.39, 0.29) is 0 Å². The molecule has 9 heteroatoms. The Bertz CT molecular complexity index is 846. The molecular formula is C19H22BrCl2N5O. The zero-order valence-corrected chi connectivity index (χ0v) is 19.2. The zero-order chi connectivity index (χ0) is 20.7. The van der Waals surface area contributed by atoms with E-state index in [1.807, 2.05) is 43.3 Å². The smallest absolute Gasteiger partial charge is 0.202 e. The second-order valence-electron chi connectivity index (χ2n) is 5.96. The summed E-state index contributed by atoms with van der Waals surface area (Å²) in [6.45, 7) is 0.460. The van der Waals surface area contributed by atoms with Crippen LogP contribution in [0.5, 0.6) is 5.75 Å². The molecule has 0 aromatic heterocycles. The number of methoxy groups -OCH3 is 1. The van der Waals surface area contributed by atoms with Gasteiger partial charge in [-0.25, -0.2) is 4.99 Å². The van der Waals surface area contributed by atoms with E-state index in [9.17, 15) is 0 Å². The number of guanidine groups is 2. The molecule has 0 unspecified atom stereocenters. The minimum Gasteiger partial charge on any atom is -0.497 e. The van der Waals surface area contributed by atoms with E-state index < -0.39 is 0 Å². The van der Waals surface area contributed by atoms with Gasteiger partial charge in [-0.15, -0.1) is 0 Å². The zero-order valence-electron chi connectivity index (χ0n) is 16.1.